The van der Waals surface area contributed by atoms with Gasteiger partial charge in [0.2, 0.25) is 0 Å². The number of ether oxygens (including phenoxy) is 2. The fourth-order valence-electron chi connectivity index (χ4n) is 8.84. The number of nitrogens with zero attached hydrogens (tertiary/aromatic N) is 4. The fourth-order valence-corrected chi connectivity index (χ4v) is 8.84. The number of piperazine rings is 1. The SMILES string of the molecule is Cc1c(F)ccc2cc(O)cc(-c3c(F)c4c5c(nc(OC[C@@]67CCCN6C[C@H](F)C7)nc5c3F)N3C[C@H]5CC[C@H](N5)[C@H]3CO4)c12. The quantitative estimate of drug-likeness (QED) is 0.283. The Labute approximate surface area is 262 Å². The number of aromatic nitrogens is 2. The van der Waals surface area contributed by atoms with Crippen molar-refractivity contribution in [2.45, 2.75) is 68.9 Å². The van der Waals surface area contributed by atoms with Crippen molar-refractivity contribution >= 4 is 27.5 Å². The molecule has 0 unspecified atom stereocenters. The Kier molecular flexibility index (Phi) is 6.19. The third kappa shape index (κ3) is 4.05. The van der Waals surface area contributed by atoms with E-state index in [4.69, 9.17) is 14.5 Å². The summed E-state index contributed by atoms with van der Waals surface area (Å²) in [5.74, 6) is -2.60. The van der Waals surface area contributed by atoms with Crippen LogP contribution >= 0.6 is 0 Å². The van der Waals surface area contributed by atoms with Gasteiger partial charge in [-0.25, -0.2) is 17.6 Å². The third-order valence-corrected chi connectivity index (χ3v) is 11.0. The highest BCUT2D eigenvalue weighted by Crippen LogP contribution is 2.49. The normalized spacial score (nSPS) is 28.4. The van der Waals surface area contributed by atoms with Crippen molar-refractivity contribution in [3.8, 4) is 28.6 Å². The Morgan fingerprint density at radius 2 is 1.98 bits per heavy atom. The highest BCUT2D eigenvalue weighted by atomic mass is 19.1. The van der Waals surface area contributed by atoms with Gasteiger partial charge in [-0.1, -0.05) is 6.07 Å². The number of aryl methyl sites for hydroxylation is 1. The first-order chi connectivity index (χ1) is 22.2. The predicted octanol–water partition coefficient (Wildman–Crippen LogP) is 5.54. The maximum absolute atomic E-state index is 17.0. The molecule has 4 aromatic rings. The summed E-state index contributed by atoms with van der Waals surface area (Å²) in [6.45, 7) is 3.51. The summed E-state index contributed by atoms with van der Waals surface area (Å²) in [6, 6.07) is 5.36. The Morgan fingerprint density at radius 1 is 1.11 bits per heavy atom. The van der Waals surface area contributed by atoms with Crippen LogP contribution in [-0.4, -0.2) is 82.7 Å². The highest BCUT2D eigenvalue weighted by Gasteiger charge is 2.50. The molecule has 4 fully saturated rings. The Balaban J connectivity index is 1.26. The molecular formula is C34H33F4N5O3. The van der Waals surface area contributed by atoms with Gasteiger partial charge in [0, 0.05) is 31.6 Å². The van der Waals surface area contributed by atoms with Crippen molar-refractivity contribution < 1.29 is 32.1 Å². The number of fused-ring (bicyclic) bond motifs is 7. The van der Waals surface area contributed by atoms with E-state index in [2.05, 4.69) is 20.1 Å². The van der Waals surface area contributed by atoms with E-state index in [0.717, 1.165) is 32.2 Å². The number of hydrogen-bond donors (Lipinski definition) is 2. The molecule has 0 aliphatic carbocycles. The van der Waals surface area contributed by atoms with Crippen LogP contribution in [0.3, 0.4) is 0 Å². The topological polar surface area (TPSA) is 83.0 Å². The largest absolute Gasteiger partial charge is 0.508 e. The zero-order valence-corrected chi connectivity index (χ0v) is 25.3. The zero-order valence-electron chi connectivity index (χ0n) is 25.3. The van der Waals surface area contributed by atoms with Crippen LogP contribution in [0.1, 0.15) is 37.7 Å². The number of nitrogens with one attached hydrogen (secondary N) is 1. The molecule has 5 atom stereocenters. The maximum Gasteiger partial charge on any atom is 0.319 e. The number of alkyl halides is 1. The molecule has 2 bridgehead atoms. The Morgan fingerprint density at radius 3 is 2.85 bits per heavy atom. The molecule has 0 spiro atoms. The van der Waals surface area contributed by atoms with Gasteiger partial charge in [-0.15, -0.1) is 0 Å². The number of aromatic hydroxyl groups is 1. The fraction of sp³-hybridized carbons (Fsp3) is 0.471. The standard InChI is InChI=1S/C34H33F4N5O3/c1-16-22(36)5-3-17-9-20(44)10-21(25(16)17)26-28(37)30-27-31(29(26)38)45-14-24-23-6-4-19(39-23)13-43(24)32(27)41-33(40-30)46-15-34-7-2-8-42(34)12-18(35)11-34/h3,5,9-10,18-19,23-24,39,44H,2,4,6-8,11-15H2,1H3/t18-,19-,23+,24-,34+/m1/s1. The van der Waals surface area contributed by atoms with Gasteiger partial charge < -0.3 is 24.8 Å². The average molecular weight is 636 g/mol. The Bertz CT molecular complexity index is 1940. The second-order valence-electron chi connectivity index (χ2n) is 13.6. The van der Waals surface area contributed by atoms with Crippen LogP contribution in [0.15, 0.2) is 24.3 Å². The molecule has 4 saturated heterocycles. The summed E-state index contributed by atoms with van der Waals surface area (Å²) in [4.78, 5) is 13.5. The molecule has 240 valence electrons. The molecule has 3 aromatic carbocycles. The summed E-state index contributed by atoms with van der Waals surface area (Å²) < 4.78 is 75.7. The zero-order chi connectivity index (χ0) is 31.5. The first kappa shape index (κ1) is 28.3. The second kappa shape index (κ2) is 10.0. The lowest BCUT2D eigenvalue weighted by Crippen LogP contribution is -2.60. The van der Waals surface area contributed by atoms with E-state index in [0.29, 0.717) is 30.7 Å². The molecule has 0 saturated carbocycles. The minimum Gasteiger partial charge on any atom is -0.508 e. The molecule has 0 amide bonds. The first-order valence-electron chi connectivity index (χ1n) is 16.0. The third-order valence-electron chi connectivity index (χ3n) is 11.0. The smallest absolute Gasteiger partial charge is 0.319 e. The van der Waals surface area contributed by atoms with E-state index in [1.54, 1.807) is 0 Å². The minimum absolute atomic E-state index is 0.0190. The van der Waals surface area contributed by atoms with E-state index in [9.17, 15) is 13.9 Å². The molecule has 5 aliphatic heterocycles. The van der Waals surface area contributed by atoms with Gasteiger partial charge in [-0.2, -0.15) is 9.97 Å². The molecular weight excluding hydrogens is 602 g/mol. The number of benzene rings is 3. The summed E-state index contributed by atoms with van der Waals surface area (Å²) in [5, 5.41) is 15.0. The summed E-state index contributed by atoms with van der Waals surface area (Å²) in [7, 11) is 0. The van der Waals surface area contributed by atoms with Crippen LogP contribution in [0.25, 0.3) is 32.8 Å². The van der Waals surface area contributed by atoms with Crippen molar-refractivity contribution in [1.29, 1.82) is 0 Å². The molecule has 8 nitrogen and oxygen atoms in total. The van der Waals surface area contributed by atoms with Gasteiger partial charge in [-0.3, -0.25) is 4.90 Å². The molecule has 2 N–H and O–H groups in total. The lowest BCUT2D eigenvalue weighted by Gasteiger charge is -2.40. The molecule has 12 heteroatoms. The summed E-state index contributed by atoms with van der Waals surface area (Å²) in [6.07, 6.45) is 2.98. The minimum atomic E-state index is -0.995. The van der Waals surface area contributed by atoms with Gasteiger partial charge >= 0.3 is 6.01 Å². The monoisotopic (exact) mass is 635 g/mol. The summed E-state index contributed by atoms with van der Waals surface area (Å²) in [5.41, 5.74) is -0.990. The van der Waals surface area contributed by atoms with E-state index in [-0.39, 0.29) is 76.3 Å². The number of halogens is 4. The van der Waals surface area contributed by atoms with Crippen molar-refractivity contribution in [3.63, 3.8) is 0 Å². The number of rotatable bonds is 4. The molecule has 46 heavy (non-hydrogen) atoms. The lowest BCUT2D eigenvalue weighted by molar-refractivity contribution is 0.107. The van der Waals surface area contributed by atoms with Crippen LogP contribution in [0.4, 0.5) is 23.4 Å². The van der Waals surface area contributed by atoms with Crippen LogP contribution in [0.2, 0.25) is 0 Å². The molecule has 0 radical (unpaired) electrons. The molecule has 5 aliphatic rings. The molecule has 1 aromatic heterocycles. The second-order valence-corrected chi connectivity index (χ2v) is 13.6. The lowest BCUT2D eigenvalue weighted by atomic mass is 9.92. The van der Waals surface area contributed by atoms with Crippen molar-refractivity contribution in [3.05, 3.63) is 47.3 Å². The highest BCUT2D eigenvalue weighted by molar-refractivity contribution is 6.05. The van der Waals surface area contributed by atoms with E-state index < -0.39 is 34.7 Å². The van der Waals surface area contributed by atoms with Crippen molar-refractivity contribution in [2.24, 2.45) is 0 Å². The van der Waals surface area contributed by atoms with E-state index in [1.165, 1.54) is 31.2 Å². The van der Waals surface area contributed by atoms with Crippen LogP contribution in [0.5, 0.6) is 17.5 Å². The van der Waals surface area contributed by atoms with Gasteiger partial charge in [0.05, 0.1) is 22.5 Å². The van der Waals surface area contributed by atoms with Gasteiger partial charge in [0.15, 0.2) is 17.4 Å². The predicted molar refractivity (Wildman–Crippen MR) is 164 cm³/mol. The van der Waals surface area contributed by atoms with Gasteiger partial charge in [0.1, 0.15) is 42.3 Å². The van der Waals surface area contributed by atoms with E-state index in [1.807, 2.05) is 0 Å². The first-order valence-corrected chi connectivity index (χ1v) is 16.0. The van der Waals surface area contributed by atoms with Crippen LogP contribution < -0.4 is 19.7 Å². The van der Waals surface area contributed by atoms with Crippen LogP contribution in [-0.2, 0) is 0 Å². The maximum atomic E-state index is 17.0. The van der Waals surface area contributed by atoms with Crippen LogP contribution in [0, 0.1) is 24.4 Å². The van der Waals surface area contributed by atoms with Crippen molar-refractivity contribution in [2.75, 3.05) is 37.7 Å². The van der Waals surface area contributed by atoms with E-state index >= 15 is 8.78 Å². The Hall–Kier alpha value is -3.90. The van der Waals surface area contributed by atoms with Gasteiger partial charge in [-0.05, 0) is 79.3 Å². The number of anilines is 1. The number of phenols is 1. The summed E-state index contributed by atoms with van der Waals surface area (Å²) >= 11 is 0. The number of phenolic OH excluding ortho intramolecular Hbond substituents is 1. The van der Waals surface area contributed by atoms with Crippen molar-refractivity contribution in [1.82, 2.24) is 20.2 Å². The van der Waals surface area contributed by atoms with Gasteiger partial charge in [0.25, 0.3) is 0 Å². The average Bonchev–Trinajstić information content (AvgIpc) is 3.66. The number of hydrogen-bond acceptors (Lipinski definition) is 8. The molecule has 6 heterocycles. The molecule has 9 rings (SSSR count).